The number of anilines is 1. The first kappa shape index (κ1) is 22.8. The van der Waals surface area contributed by atoms with Crippen LogP contribution in [-0.4, -0.2) is 40.6 Å². The smallest absolute Gasteiger partial charge is 0.417 e. The maximum atomic E-state index is 13.0. The van der Waals surface area contributed by atoms with Crippen molar-refractivity contribution in [3.8, 4) is 0 Å². The number of hydrogen-bond donors (Lipinski definition) is 1. The number of piperazine rings is 1. The zero-order chi connectivity index (χ0) is 22.1. The van der Waals surface area contributed by atoms with Crippen LogP contribution in [0.25, 0.3) is 0 Å². The van der Waals surface area contributed by atoms with Gasteiger partial charge in [-0.1, -0.05) is 23.7 Å². The Labute approximate surface area is 182 Å². The van der Waals surface area contributed by atoms with Gasteiger partial charge < -0.3 is 10.0 Å². The van der Waals surface area contributed by atoms with Crippen LogP contribution in [0.4, 0.5) is 18.9 Å². The molecule has 0 bridgehead atoms. The van der Waals surface area contributed by atoms with E-state index in [-0.39, 0.29) is 23.5 Å². The van der Waals surface area contributed by atoms with Gasteiger partial charge in [0.05, 0.1) is 17.0 Å². The standard InChI is InChI=1S/C21H22ClF3N2O2S/c1-13-11-26(16-6-7-18(19(22)10-16)21(23,24)25)12-14(2)27(13)30-17-5-3-4-15(8-17)9-20(28)29/h3-8,10,13-14H,9,11-12H2,1-2H3,(H,28,29). The maximum absolute atomic E-state index is 13.0. The topological polar surface area (TPSA) is 43.8 Å². The van der Waals surface area contributed by atoms with E-state index >= 15 is 0 Å². The number of hydrogen-bond acceptors (Lipinski definition) is 4. The molecule has 1 heterocycles. The summed E-state index contributed by atoms with van der Waals surface area (Å²) in [5, 5.41) is 8.69. The molecular weight excluding hydrogens is 437 g/mol. The zero-order valence-corrected chi connectivity index (χ0v) is 18.1. The SMILES string of the molecule is CC1CN(c2ccc(C(F)(F)F)c(Cl)c2)CC(C)N1Sc1cccc(CC(=O)O)c1. The molecule has 1 fully saturated rings. The molecule has 0 radical (unpaired) electrons. The molecule has 1 aliphatic heterocycles. The number of carboxylic acids is 1. The lowest BCUT2D eigenvalue weighted by Gasteiger charge is -2.44. The van der Waals surface area contributed by atoms with Gasteiger partial charge in [-0.25, -0.2) is 4.31 Å². The Morgan fingerprint density at radius 2 is 1.83 bits per heavy atom. The second kappa shape index (κ2) is 9.08. The van der Waals surface area contributed by atoms with E-state index in [1.165, 1.54) is 12.1 Å². The first-order valence-corrected chi connectivity index (χ1v) is 10.6. The average Bonchev–Trinajstić information content (AvgIpc) is 2.63. The van der Waals surface area contributed by atoms with Gasteiger partial charge in [-0.15, -0.1) is 0 Å². The van der Waals surface area contributed by atoms with E-state index in [1.54, 1.807) is 18.0 Å². The van der Waals surface area contributed by atoms with E-state index < -0.39 is 17.7 Å². The molecule has 1 N–H and O–H groups in total. The molecule has 1 aliphatic rings. The predicted octanol–water partition coefficient (Wildman–Crippen LogP) is 5.59. The number of rotatable bonds is 5. The number of carbonyl (C=O) groups is 1. The van der Waals surface area contributed by atoms with Crippen LogP contribution in [0.2, 0.25) is 5.02 Å². The highest BCUT2D eigenvalue weighted by atomic mass is 35.5. The fourth-order valence-corrected chi connectivity index (χ4v) is 5.00. The van der Waals surface area contributed by atoms with E-state index in [9.17, 15) is 18.0 Å². The molecule has 0 amide bonds. The largest absolute Gasteiger partial charge is 0.481 e. The van der Waals surface area contributed by atoms with Crippen LogP contribution in [0.15, 0.2) is 47.4 Å². The Balaban J connectivity index is 1.71. The monoisotopic (exact) mass is 458 g/mol. The first-order valence-electron chi connectivity index (χ1n) is 9.43. The van der Waals surface area contributed by atoms with Crippen LogP contribution >= 0.6 is 23.5 Å². The Morgan fingerprint density at radius 1 is 1.17 bits per heavy atom. The van der Waals surface area contributed by atoms with Crippen molar-refractivity contribution in [1.82, 2.24) is 4.31 Å². The molecule has 0 saturated carbocycles. The van der Waals surface area contributed by atoms with E-state index in [0.717, 1.165) is 16.5 Å². The van der Waals surface area contributed by atoms with E-state index in [0.29, 0.717) is 18.8 Å². The van der Waals surface area contributed by atoms with E-state index in [4.69, 9.17) is 16.7 Å². The van der Waals surface area contributed by atoms with Gasteiger partial charge in [0.1, 0.15) is 0 Å². The molecule has 9 heteroatoms. The van der Waals surface area contributed by atoms with E-state index in [2.05, 4.69) is 18.2 Å². The van der Waals surface area contributed by atoms with Gasteiger partial charge in [-0.2, -0.15) is 13.2 Å². The van der Waals surface area contributed by atoms with Gasteiger partial charge in [0.15, 0.2) is 0 Å². The van der Waals surface area contributed by atoms with Gasteiger partial charge in [-0.05, 0) is 61.7 Å². The van der Waals surface area contributed by atoms with Crippen molar-refractivity contribution < 1.29 is 23.1 Å². The molecule has 3 rings (SSSR count). The fourth-order valence-electron chi connectivity index (χ4n) is 3.64. The molecule has 2 unspecified atom stereocenters. The maximum Gasteiger partial charge on any atom is 0.417 e. The minimum atomic E-state index is -4.47. The van der Waals surface area contributed by atoms with Crippen molar-refractivity contribution in [2.45, 2.75) is 43.4 Å². The van der Waals surface area contributed by atoms with Crippen LogP contribution < -0.4 is 4.90 Å². The van der Waals surface area contributed by atoms with Crippen LogP contribution in [0.3, 0.4) is 0 Å². The number of halogens is 4. The Kier molecular flexibility index (Phi) is 6.89. The zero-order valence-electron chi connectivity index (χ0n) is 16.5. The lowest BCUT2D eigenvalue weighted by atomic mass is 10.1. The van der Waals surface area contributed by atoms with Crippen LogP contribution in [0, 0.1) is 0 Å². The number of carboxylic acid groups (broad SMARTS) is 1. The summed E-state index contributed by atoms with van der Waals surface area (Å²) in [5.74, 6) is -0.872. The highest BCUT2D eigenvalue weighted by Gasteiger charge is 2.34. The molecule has 162 valence electrons. The Bertz CT molecular complexity index is 913. The minimum Gasteiger partial charge on any atom is -0.481 e. The highest BCUT2D eigenvalue weighted by Crippen LogP contribution is 2.38. The predicted molar refractivity (Wildman–Crippen MR) is 113 cm³/mol. The highest BCUT2D eigenvalue weighted by molar-refractivity contribution is 7.97. The molecule has 0 spiro atoms. The summed E-state index contributed by atoms with van der Waals surface area (Å²) in [4.78, 5) is 13.9. The van der Waals surface area contributed by atoms with Gasteiger partial charge in [0.25, 0.3) is 0 Å². The third-order valence-corrected chi connectivity index (χ3v) is 6.63. The lowest BCUT2D eigenvalue weighted by molar-refractivity contribution is -0.138. The van der Waals surface area contributed by atoms with E-state index in [1.807, 2.05) is 23.1 Å². The summed E-state index contributed by atoms with van der Waals surface area (Å²) >= 11 is 7.46. The minimum absolute atomic E-state index is 0.0258. The normalized spacial score (nSPS) is 20.4. The molecule has 2 aromatic carbocycles. The van der Waals surface area contributed by atoms with Gasteiger partial charge >= 0.3 is 12.1 Å². The van der Waals surface area contributed by atoms with Crippen LogP contribution in [0.1, 0.15) is 25.0 Å². The second-order valence-corrected chi connectivity index (χ2v) is 8.92. The van der Waals surface area contributed by atoms with Crippen molar-refractivity contribution >= 4 is 35.2 Å². The third-order valence-electron chi connectivity index (χ3n) is 4.93. The molecule has 1 saturated heterocycles. The summed E-state index contributed by atoms with van der Waals surface area (Å²) in [6.07, 6.45) is -4.50. The lowest BCUT2D eigenvalue weighted by Crippen LogP contribution is -2.53. The Hall–Kier alpha value is -1.90. The number of benzene rings is 2. The van der Waals surface area contributed by atoms with Gasteiger partial charge in [-0.3, -0.25) is 4.79 Å². The summed E-state index contributed by atoms with van der Waals surface area (Å²) < 4.78 is 41.1. The third kappa shape index (κ3) is 5.42. The average molecular weight is 459 g/mol. The molecular formula is C21H22ClF3N2O2S. The number of alkyl halides is 3. The van der Waals surface area contributed by atoms with Crippen molar-refractivity contribution in [2.24, 2.45) is 0 Å². The summed E-state index contributed by atoms with van der Waals surface area (Å²) in [7, 11) is 0. The quantitative estimate of drug-likeness (QED) is 0.591. The summed E-state index contributed by atoms with van der Waals surface area (Å²) in [6, 6.07) is 11.5. The molecule has 2 atom stereocenters. The van der Waals surface area contributed by atoms with Crippen LogP contribution in [0.5, 0.6) is 0 Å². The molecule has 0 aliphatic carbocycles. The molecule has 0 aromatic heterocycles. The molecule has 4 nitrogen and oxygen atoms in total. The molecule has 30 heavy (non-hydrogen) atoms. The Morgan fingerprint density at radius 3 is 2.40 bits per heavy atom. The number of aliphatic carboxylic acids is 1. The molecule has 2 aromatic rings. The number of nitrogens with zero attached hydrogens (tertiary/aromatic N) is 2. The van der Waals surface area contributed by atoms with Gasteiger partial charge in [0, 0.05) is 35.8 Å². The van der Waals surface area contributed by atoms with Crippen molar-refractivity contribution in [2.75, 3.05) is 18.0 Å². The van der Waals surface area contributed by atoms with Crippen molar-refractivity contribution in [3.63, 3.8) is 0 Å². The van der Waals surface area contributed by atoms with Crippen molar-refractivity contribution in [3.05, 3.63) is 58.6 Å². The van der Waals surface area contributed by atoms with Crippen LogP contribution in [-0.2, 0) is 17.4 Å². The van der Waals surface area contributed by atoms with Crippen molar-refractivity contribution in [1.29, 1.82) is 0 Å². The fraction of sp³-hybridized carbons (Fsp3) is 0.381. The second-order valence-electron chi connectivity index (χ2n) is 7.43. The van der Waals surface area contributed by atoms with Gasteiger partial charge in [0.2, 0.25) is 0 Å². The summed E-state index contributed by atoms with van der Waals surface area (Å²) in [6.45, 7) is 5.38. The summed E-state index contributed by atoms with van der Waals surface area (Å²) in [5.41, 5.74) is 0.579. The first-order chi connectivity index (χ1) is 14.0.